The average Bonchev–Trinajstić information content (AvgIpc) is 3.12. The molecule has 0 spiro atoms. The van der Waals surface area contributed by atoms with E-state index in [0.717, 1.165) is 0 Å². The fraction of sp³-hybridized carbons (Fsp3) is 0.350. The van der Waals surface area contributed by atoms with E-state index in [1.165, 1.54) is 19.4 Å². The van der Waals surface area contributed by atoms with Gasteiger partial charge in [0.15, 0.2) is 11.6 Å². The number of aliphatic hydroxyl groups is 1. The first-order chi connectivity index (χ1) is 14.8. The smallest absolute Gasteiger partial charge is 0.387 e. The molecule has 1 atom stereocenters. The summed E-state index contributed by atoms with van der Waals surface area (Å²) < 4.78 is 36.3. The van der Waals surface area contributed by atoms with Crippen LogP contribution in [-0.2, 0) is 0 Å². The van der Waals surface area contributed by atoms with Crippen molar-refractivity contribution in [1.82, 2.24) is 19.9 Å². The van der Waals surface area contributed by atoms with Gasteiger partial charge in [0.05, 0.1) is 25.3 Å². The quantitative estimate of drug-likeness (QED) is 0.502. The summed E-state index contributed by atoms with van der Waals surface area (Å²) >= 11 is 0. The number of nitrogens with one attached hydrogen (secondary N) is 2. The minimum absolute atomic E-state index is 0.0467. The zero-order valence-corrected chi connectivity index (χ0v) is 17.2. The second-order valence-corrected chi connectivity index (χ2v) is 7.06. The number of methoxy groups -OCH3 is 1. The Morgan fingerprint density at radius 2 is 2.03 bits per heavy atom. The number of anilines is 1. The molecule has 2 amide bonds. The van der Waals surface area contributed by atoms with E-state index in [-0.39, 0.29) is 30.2 Å². The predicted molar refractivity (Wildman–Crippen MR) is 109 cm³/mol. The number of halogens is 2. The number of aromatic nitrogens is 3. The predicted octanol–water partition coefficient (Wildman–Crippen LogP) is 3.14. The molecule has 3 N–H and O–H groups in total. The van der Waals surface area contributed by atoms with Crippen LogP contribution in [0.3, 0.4) is 0 Å². The number of pyridine rings is 2. The molecule has 0 radical (unpaired) electrons. The third-order valence-corrected chi connectivity index (χ3v) is 4.58. The Bertz CT molecular complexity index is 1060. The van der Waals surface area contributed by atoms with Gasteiger partial charge >= 0.3 is 12.6 Å². The van der Waals surface area contributed by atoms with Crippen LogP contribution in [0.5, 0.6) is 11.6 Å². The Morgan fingerprint density at radius 1 is 1.26 bits per heavy atom. The molecule has 0 aliphatic heterocycles. The number of rotatable bonds is 8. The number of ether oxygens (including phenoxy) is 2. The van der Waals surface area contributed by atoms with Gasteiger partial charge in [-0.3, -0.25) is 5.32 Å². The number of carbonyl (C=O) groups is 1. The first kappa shape index (κ1) is 22.2. The molecular formula is C20H23F2N5O4. The first-order valence-corrected chi connectivity index (χ1v) is 9.47. The Morgan fingerprint density at radius 3 is 2.68 bits per heavy atom. The Hall–Kier alpha value is -3.47. The van der Waals surface area contributed by atoms with Crippen LogP contribution in [-0.4, -0.2) is 52.1 Å². The molecule has 0 aliphatic carbocycles. The second-order valence-electron chi connectivity index (χ2n) is 7.06. The van der Waals surface area contributed by atoms with Crippen molar-refractivity contribution in [3.8, 4) is 22.8 Å². The van der Waals surface area contributed by atoms with Gasteiger partial charge in [0.25, 0.3) is 5.88 Å². The van der Waals surface area contributed by atoms with Crippen LogP contribution >= 0.6 is 0 Å². The molecule has 3 rings (SSSR count). The van der Waals surface area contributed by atoms with E-state index >= 15 is 0 Å². The molecule has 0 fully saturated rings. The topological polar surface area (TPSA) is 110 Å². The summed E-state index contributed by atoms with van der Waals surface area (Å²) in [5.41, 5.74) is 1.87. The minimum Gasteiger partial charge on any atom is -0.478 e. The number of aliphatic hydroxyl groups excluding tert-OH is 1. The van der Waals surface area contributed by atoms with E-state index in [1.54, 1.807) is 28.9 Å². The van der Waals surface area contributed by atoms with Gasteiger partial charge in [0.2, 0.25) is 0 Å². The Balaban J connectivity index is 1.82. The number of alkyl halides is 2. The Kier molecular flexibility index (Phi) is 6.85. The van der Waals surface area contributed by atoms with Gasteiger partial charge in [0.1, 0.15) is 0 Å². The van der Waals surface area contributed by atoms with Crippen molar-refractivity contribution in [2.24, 2.45) is 5.92 Å². The maximum Gasteiger partial charge on any atom is 0.387 e. The SMILES string of the molecule is COc1ncc(-c2ccn3nc(NC(=O)N[C@@H](CO)C(C)C)cc3c2)cc1OC(F)F. The Labute approximate surface area is 177 Å². The largest absolute Gasteiger partial charge is 0.478 e. The maximum absolute atomic E-state index is 12.7. The van der Waals surface area contributed by atoms with E-state index < -0.39 is 12.6 Å². The van der Waals surface area contributed by atoms with Crippen LogP contribution in [0.1, 0.15) is 13.8 Å². The summed E-state index contributed by atoms with van der Waals surface area (Å²) in [5, 5.41) is 18.9. The molecule has 3 heterocycles. The lowest BCUT2D eigenvalue weighted by Gasteiger charge is -2.19. The summed E-state index contributed by atoms with van der Waals surface area (Å²) in [6.45, 7) is 0.593. The molecule has 0 aromatic carbocycles. The number of amides is 2. The molecule has 0 bridgehead atoms. The van der Waals surface area contributed by atoms with Gasteiger partial charge in [-0.2, -0.15) is 8.78 Å². The lowest BCUT2D eigenvalue weighted by molar-refractivity contribution is -0.0515. The number of urea groups is 1. The van der Waals surface area contributed by atoms with Crippen LogP contribution in [0.4, 0.5) is 19.4 Å². The van der Waals surface area contributed by atoms with Gasteiger partial charge in [-0.25, -0.2) is 14.3 Å². The van der Waals surface area contributed by atoms with Crippen LogP contribution < -0.4 is 20.1 Å². The third kappa shape index (κ3) is 5.37. The maximum atomic E-state index is 12.7. The summed E-state index contributed by atoms with van der Waals surface area (Å²) in [7, 11) is 1.31. The van der Waals surface area contributed by atoms with Gasteiger partial charge < -0.3 is 19.9 Å². The van der Waals surface area contributed by atoms with E-state index in [0.29, 0.717) is 22.5 Å². The summed E-state index contributed by atoms with van der Waals surface area (Å²) in [4.78, 5) is 16.2. The summed E-state index contributed by atoms with van der Waals surface area (Å²) in [6.07, 6.45) is 3.14. The van der Waals surface area contributed by atoms with Crippen molar-refractivity contribution in [2.45, 2.75) is 26.5 Å². The molecule has 31 heavy (non-hydrogen) atoms. The second kappa shape index (κ2) is 9.56. The first-order valence-electron chi connectivity index (χ1n) is 9.47. The highest BCUT2D eigenvalue weighted by atomic mass is 19.3. The van der Waals surface area contributed by atoms with Crippen LogP contribution in [0, 0.1) is 5.92 Å². The normalized spacial score (nSPS) is 12.3. The molecule has 0 saturated heterocycles. The lowest BCUT2D eigenvalue weighted by atomic mass is 10.1. The number of nitrogens with zero attached hydrogens (tertiary/aromatic N) is 3. The van der Waals surface area contributed by atoms with E-state index in [2.05, 4.69) is 25.5 Å². The highest BCUT2D eigenvalue weighted by molar-refractivity contribution is 5.89. The summed E-state index contributed by atoms with van der Waals surface area (Å²) in [6, 6.07) is 5.68. The average molecular weight is 435 g/mol. The van der Waals surface area contributed by atoms with E-state index in [1.807, 2.05) is 13.8 Å². The highest BCUT2D eigenvalue weighted by Crippen LogP contribution is 2.31. The van der Waals surface area contributed by atoms with Crippen molar-refractivity contribution in [2.75, 3.05) is 19.0 Å². The van der Waals surface area contributed by atoms with Crippen molar-refractivity contribution in [3.05, 3.63) is 36.7 Å². The van der Waals surface area contributed by atoms with Crippen molar-refractivity contribution < 1.29 is 28.2 Å². The van der Waals surface area contributed by atoms with Gasteiger partial charge in [-0.15, -0.1) is 5.10 Å². The summed E-state index contributed by atoms with van der Waals surface area (Å²) in [5.74, 6) is 0.154. The molecular weight excluding hydrogens is 412 g/mol. The molecule has 166 valence electrons. The molecule has 0 aliphatic rings. The molecule has 0 saturated carbocycles. The highest BCUT2D eigenvalue weighted by Gasteiger charge is 2.17. The number of carbonyl (C=O) groups excluding carboxylic acids is 1. The monoisotopic (exact) mass is 435 g/mol. The molecule has 3 aromatic heterocycles. The zero-order chi connectivity index (χ0) is 22.5. The van der Waals surface area contributed by atoms with Crippen molar-refractivity contribution in [3.63, 3.8) is 0 Å². The minimum atomic E-state index is -3.01. The fourth-order valence-electron chi connectivity index (χ4n) is 2.90. The molecule has 3 aromatic rings. The van der Waals surface area contributed by atoms with Gasteiger partial charge in [0, 0.05) is 24.0 Å². The zero-order valence-electron chi connectivity index (χ0n) is 17.2. The van der Waals surface area contributed by atoms with E-state index in [9.17, 15) is 18.7 Å². The van der Waals surface area contributed by atoms with E-state index in [4.69, 9.17) is 4.74 Å². The fourth-order valence-corrected chi connectivity index (χ4v) is 2.90. The number of fused-ring (bicyclic) bond motifs is 1. The molecule has 0 unspecified atom stereocenters. The third-order valence-electron chi connectivity index (χ3n) is 4.58. The van der Waals surface area contributed by atoms with Gasteiger partial charge in [-0.05, 0) is 29.7 Å². The van der Waals surface area contributed by atoms with Crippen LogP contribution in [0.15, 0.2) is 36.7 Å². The number of hydrogen-bond acceptors (Lipinski definition) is 6. The van der Waals surface area contributed by atoms with Crippen molar-refractivity contribution in [1.29, 1.82) is 0 Å². The van der Waals surface area contributed by atoms with Crippen LogP contribution in [0.2, 0.25) is 0 Å². The van der Waals surface area contributed by atoms with Crippen LogP contribution in [0.25, 0.3) is 16.6 Å². The van der Waals surface area contributed by atoms with Gasteiger partial charge in [-0.1, -0.05) is 13.8 Å². The lowest BCUT2D eigenvalue weighted by Crippen LogP contribution is -2.43. The molecule has 11 heteroatoms. The van der Waals surface area contributed by atoms with Crippen molar-refractivity contribution >= 4 is 17.4 Å². The number of hydrogen-bond donors (Lipinski definition) is 3. The molecule has 9 nitrogen and oxygen atoms in total. The standard InChI is InChI=1S/C20H23F2N5O4/c1-11(2)15(10-28)24-20(29)25-17-8-14-6-12(4-5-27(14)26-17)13-7-16(31-19(21)22)18(30-3)23-9-13/h4-9,11,15,19,28H,10H2,1-3H3,(H2,24,25,26,29)/t15-/m0/s1.